The first-order valence-electron chi connectivity index (χ1n) is 8.31. The van der Waals surface area contributed by atoms with Crippen LogP contribution in [-0.4, -0.2) is 21.7 Å². The van der Waals surface area contributed by atoms with Crippen LogP contribution in [0.2, 0.25) is 0 Å². The Kier molecular flexibility index (Phi) is 4.02. The Labute approximate surface area is 146 Å². The van der Waals surface area contributed by atoms with Gasteiger partial charge in [0.05, 0.1) is 6.04 Å². The SMILES string of the molecule is Cc1ccc(C)c([C@@H]2CCCN2c2nnc(-c3ccccn3)s2)c1. The van der Waals surface area contributed by atoms with Gasteiger partial charge in [-0.3, -0.25) is 4.98 Å². The summed E-state index contributed by atoms with van der Waals surface area (Å²) in [5.74, 6) is 0. The van der Waals surface area contributed by atoms with Crippen LogP contribution in [-0.2, 0) is 0 Å². The topological polar surface area (TPSA) is 41.9 Å². The van der Waals surface area contributed by atoms with Crippen molar-refractivity contribution in [2.45, 2.75) is 32.7 Å². The Morgan fingerprint density at radius 2 is 2.04 bits per heavy atom. The predicted octanol–water partition coefficient (Wildman–Crippen LogP) is 4.56. The summed E-state index contributed by atoms with van der Waals surface area (Å²) >= 11 is 1.63. The molecule has 3 heterocycles. The van der Waals surface area contributed by atoms with E-state index in [1.165, 1.54) is 29.5 Å². The second kappa shape index (κ2) is 6.32. The highest BCUT2D eigenvalue weighted by atomic mass is 32.1. The van der Waals surface area contributed by atoms with E-state index < -0.39 is 0 Å². The fourth-order valence-corrected chi connectivity index (χ4v) is 4.26. The van der Waals surface area contributed by atoms with Crippen molar-refractivity contribution in [3.63, 3.8) is 0 Å². The van der Waals surface area contributed by atoms with Gasteiger partial charge in [0, 0.05) is 12.7 Å². The van der Waals surface area contributed by atoms with Gasteiger partial charge in [-0.1, -0.05) is 41.2 Å². The lowest BCUT2D eigenvalue weighted by Gasteiger charge is -2.25. The summed E-state index contributed by atoms with van der Waals surface area (Å²) < 4.78 is 0. The van der Waals surface area contributed by atoms with Gasteiger partial charge in [-0.05, 0) is 49.9 Å². The summed E-state index contributed by atoms with van der Waals surface area (Å²) in [6.45, 7) is 5.39. The van der Waals surface area contributed by atoms with E-state index in [1.807, 2.05) is 18.2 Å². The molecule has 24 heavy (non-hydrogen) atoms. The van der Waals surface area contributed by atoms with Gasteiger partial charge in [0.25, 0.3) is 0 Å². The fourth-order valence-electron chi connectivity index (χ4n) is 3.36. The molecule has 122 valence electrons. The number of nitrogens with zero attached hydrogens (tertiary/aromatic N) is 4. The van der Waals surface area contributed by atoms with Crippen LogP contribution in [0.4, 0.5) is 5.13 Å². The van der Waals surface area contributed by atoms with Crippen molar-refractivity contribution in [3.8, 4) is 10.7 Å². The number of aromatic nitrogens is 3. The highest BCUT2D eigenvalue weighted by molar-refractivity contribution is 7.18. The normalized spacial score (nSPS) is 17.4. The molecule has 2 aromatic heterocycles. The minimum Gasteiger partial charge on any atom is -0.340 e. The van der Waals surface area contributed by atoms with Crippen LogP contribution in [0.3, 0.4) is 0 Å². The zero-order chi connectivity index (χ0) is 16.5. The maximum Gasteiger partial charge on any atom is 0.209 e. The van der Waals surface area contributed by atoms with E-state index in [9.17, 15) is 0 Å². The molecule has 1 aromatic carbocycles. The molecule has 0 spiro atoms. The average Bonchev–Trinajstić information content (AvgIpc) is 3.26. The molecular formula is C19H20N4S. The Hall–Kier alpha value is -2.27. The van der Waals surface area contributed by atoms with Crippen LogP contribution in [0.15, 0.2) is 42.6 Å². The van der Waals surface area contributed by atoms with Gasteiger partial charge in [0.2, 0.25) is 5.13 Å². The first kappa shape index (κ1) is 15.3. The largest absolute Gasteiger partial charge is 0.340 e. The van der Waals surface area contributed by atoms with Crippen molar-refractivity contribution in [3.05, 3.63) is 59.3 Å². The van der Waals surface area contributed by atoms with Crippen LogP contribution >= 0.6 is 11.3 Å². The van der Waals surface area contributed by atoms with Gasteiger partial charge in [-0.15, -0.1) is 10.2 Å². The van der Waals surface area contributed by atoms with E-state index >= 15 is 0 Å². The fraction of sp³-hybridized carbons (Fsp3) is 0.316. The molecule has 1 aliphatic rings. The lowest BCUT2D eigenvalue weighted by molar-refractivity contribution is 0.708. The van der Waals surface area contributed by atoms with Crippen LogP contribution < -0.4 is 4.90 Å². The van der Waals surface area contributed by atoms with Crippen molar-refractivity contribution < 1.29 is 0 Å². The smallest absolute Gasteiger partial charge is 0.209 e. The lowest BCUT2D eigenvalue weighted by atomic mass is 9.97. The number of aryl methyl sites for hydroxylation is 2. The molecule has 0 saturated carbocycles. The Bertz CT molecular complexity index is 844. The number of benzene rings is 1. The maximum absolute atomic E-state index is 4.46. The number of hydrogen-bond donors (Lipinski definition) is 0. The summed E-state index contributed by atoms with van der Waals surface area (Å²) in [6, 6.07) is 13.0. The Morgan fingerprint density at radius 1 is 1.12 bits per heavy atom. The molecule has 3 aromatic rings. The number of pyridine rings is 1. The molecule has 1 saturated heterocycles. The van der Waals surface area contributed by atoms with Crippen molar-refractivity contribution in [1.82, 2.24) is 15.2 Å². The van der Waals surface area contributed by atoms with Gasteiger partial charge in [-0.25, -0.2) is 0 Å². The van der Waals surface area contributed by atoms with Crippen LogP contribution in [0.25, 0.3) is 10.7 Å². The standard InChI is InChI=1S/C19H20N4S/c1-13-8-9-14(2)15(12-13)17-7-5-11-23(17)19-22-21-18(24-19)16-6-3-4-10-20-16/h3-4,6,8-10,12,17H,5,7,11H2,1-2H3/t17-/m0/s1. The van der Waals surface area contributed by atoms with Gasteiger partial charge in [-0.2, -0.15) is 0 Å². The molecule has 1 aliphatic heterocycles. The first-order valence-corrected chi connectivity index (χ1v) is 9.13. The molecule has 4 nitrogen and oxygen atoms in total. The molecule has 0 N–H and O–H groups in total. The van der Waals surface area contributed by atoms with Gasteiger partial charge in [0.15, 0.2) is 5.01 Å². The molecule has 0 radical (unpaired) electrons. The molecule has 4 rings (SSSR count). The minimum atomic E-state index is 0.398. The van der Waals surface area contributed by atoms with Crippen molar-refractivity contribution in [1.29, 1.82) is 0 Å². The monoisotopic (exact) mass is 336 g/mol. The van der Waals surface area contributed by atoms with E-state index in [0.717, 1.165) is 22.4 Å². The van der Waals surface area contributed by atoms with Crippen LogP contribution in [0.1, 0.15) is 35.6 Å². The second-order valence-electron chi connectivity index (χ2n) is 6.32. The number of hydrogen-bond acceptors (Lipinski definition) is 5. The molecular weight excluding hydrogens is 316 g/mol. The number of anilines is 1. The highest BCUT2D eigenvalue weighted by Crippen LogP contribution is 2.40. The summed E-state index contributed by atoms with van der Waals surface area (Å²) in [7, 11) is 0. The Morgan fingerprint density at radius 3 is 2.88 bits per heavy atom. The first-order chi connectivity index (χ1) is 11.7. The van der Waals surface area contributed by atoms with Crippen LogP contribution in [0, 0.1) is 13.8 Å². The summed E-state index contributed by atoms with van der Waals surface area (Å²) in [5.41, 5.74) is 4.98. The minimum absolute atomic E-state index is 0.398. The van der Waals surface area contributed by atoms with Gasteiger partial charge < -0.3 is 4.90 Å². The van der Waals surface area contributed by atoms with Crippen molar-refractivity contribution >= 4 is 16.5 Å². The third kappa shape index (κ3) is 2.80. The summed E-state index contributed by atoms with van der Waals surface area (Å²) in [5, 5.41) is 10.7. The summed E-state index contributed by atoms with van der Waals surface area (Å²) in [6.07, 6.45) is 4.16. The van der Waals surface area contributed by atoms with E-state index in [2.05, 4.69) is 52.1 Å². The predicted molar refractivity (Wildman–Crippen MR) is 98.4 cm³/mol. The van der Waals surface area contributed by atoms with E-state index in [4.69, 9.17) is 0 Å². The quantitative estimate of drug-likeness (QED) is 0.703. The van der Waals surface area contributed by atoms with Crippen LogP contribution in [0.5, 0.6) is 0 Å². The zero-order valence-electron chi connectivity index (χ0n) is 13.9. The van der Waals surface area contributed by atoms with Gasteiger partial charge >= 0.3 is 0 Å². The third-order valence-electron chi connectivity index (χ3n) is 4.59. The molecule has 0 aliphatic carbocycles. The van der Waals surface area contributed by atoms with E-state index in [0.29, 0.717) is 6.04 Å². The number of rotatable bonds is 3. The molecule has 0 bridgehead atoms. The zero-order valence-corrected chi connectivity index (χ0v) is 14.8. The molecule has 1 atom stereocenters. The second-order valence-corrected chi connectivity index (χ2v) is 7.27. The highest BCUT2D eigenvalue weighted by Gasteiger charge is 2.30. The van der Waals surface area contributed by atoms with E-state index in [1.54, 1.807) is 17.5 Å². The lowest BCUT2D eigenvalue weighted by Crippen LogP contribution is -2.23. The molecule has 0 unspecified atom stereocenters. The van der Waals surface area contributed by atoms with Crippen molar-refractivity contribution in [2.24, 2.45) is 0 Å². The van der Waals surface area contributed by atoms with Gasteiger partial charge in [0.1, 0.15) is 5.69 Å². The molecule has 5 heteroatoms. The molecule has 1 fully saturated rings. The Balaban J connectivity index is 1.66. The van der Waals surface area contributed by atoms with E-state index in [-0.39, 0.29) is 0 Å². The third-order valence-corrected chi connectivity index (χ3v) is 5.57. The summed E-state index contributed by atoms with van der Waals surface area (Å²) in [4.78, 5) is 6.79. The van der Waals surface area contributed by atoms with Crippen molar-refractivity contribution in [2.75, 3.05) is 11.4 Å². The molecule has 0 amide bonds. The maximum atomic E-state index is 4.46. The average molecular weight is 336 g/mol.